The number of benzene rings is 2. The summed E-state index contributed by atoms with van der Waals surface area (Å²) in [5.74, 6) is -0.662. The van der Waals surface area contributed by atoms with Gasteiger partial charge in [-0.05, 0) is 42.0 Å². The predicted molar refractivity (Wildman–Crippen MR) is 89.0 cm³/mol. The van der Waals surface area contributed by atoms with E-state index < -0.39 is 15.8 Å². The molecular formula is C16H13ClFN3O2S. The zero-order valence-electron chi connectivity index (χ0n) is 12.4. The maximum atomic E-state index is 13.1. The first kappa shape index (κ1) is 16.6. The van der Waals surface area contributed by atoms with Crippen molar-refractivity contribution in [2.45, 2.75) is 11.4 Å². The van der Waals surface area contributed by atoms with Gasteiger partial charge in [-0.2, -0.15) is 5.10 Å². The minimum atomic E-state index is -3.77. The summed E-state index contributed by atoms with van der Waals surface area (Å²) in [7, 11) is -3.77. The molecule has 24 heavy (non-hydrogen) atoms. The second-order valence-corrected chi connectivity index (χ2v) is 7.19. The van der Waals surface area contributed by atoms with Crippen LogP contribution in [0, 0.1) is 5.82 Å². The largest absolute Gasteiger partial charge is 0.241 e. The van der Waals surface area contributed by atoms with Gasteiger partial charge in [-0.25, -0.2) is 22.2 Å². The molecule has 8 heteroatoms. The van der Waals surface area contributed by atoms with Crippen LogP contribution in [-0.2, 0) is 16.6 Å². The lowest BCUT2D eigenvalue weighted by Gasteiger charge is -2.08. The fourth-order valence-corrected chi connectivity index (χ4v) is 3.38. The summed E-state index contributed by atoms with van der Waals surface area (Å²) >= 11 is 5.63. The number of nitrogens with zero attached hydrogens (tertiary/aromatic N) is 2. The number of sulfonamides is 1. The van der Waals surface area contributed by atoms with E-state index in [1.807, 2.05) is 24.4 Å². The van der Waals surface area contributed by atoms with E-state index in [1.165, 1.54) is 6.07 Å². The Balaban J connectivity index is 1.71. The van der Waals surface area contributed by atoms with Crippen LogP contribution in [0.5, 0.6) is 0 Å². The van der Waals surface area contributed by atoms with Crippen molar-refractivity contribution in [2.24, 2.45) is 0 Å². The van der Waals surface area contributed by atoms with Gasteiger partial charge >= 0.3 is 0 Å². The molecule has 0 aliphatic heterocycles. The molecule has 0 amide bonds. The number of rotatable bonds is 5. The monoisotopic (exact) mass is 365 g/mol. The standard InChI is InChI=1S/C16H13ClFN3O2S/c17-15-10-14(6-7-16(15)18)24(22,23)20-11-12-2-4-13(5-3-12)21-9-1-8-19-21/h1-10,20H,11H2. The zero-order valence-corrected chi connectivity index (χ0v) is 13.9. The maximum absolute atomic E-state index is 13.1. The zero-order chi connectivity index (χ0) is 17.2. The molecule has 0 spiro atoms. The van der Waals surface area contributed by atoms with E-state index in [0.717, 1.165) is 23.4 Å². The Labute approximate surface area is 143 Å². The van der Waals surface area contributed by atoms with Crippen LogP contribution in [0.2, 0.25) is 5.02 Å². The van der Waals surface area contributed by atoms with E-state index in [0.29, 0.717) is 0 Å². The van der Waals surface area contributed by atoms with Crippen LogP contribution >= 0.6 is 11.6 Å². The van der Waals surface area contributed by atoms with Crippen molar-refractivity contribution in [2.75, 3.05) is 0 Å². The third-order valence-electron chi connectivity index (χ3n) is 3.37. The van der Waals surface area contributed by atoms with Crippen LogP contribution in [0.15, 0.2) is 65.8 Å². The lowest BCUT2D eigenvalue weighted by molar-refractivity contribution is 0.580. The summed E-state index contributed by atoms with van der Waals surface area (Å²) in [6, 6.07) is 12.4. The Morgan fingerprint density at radius 3 is 2.54 bits per heavy atom. The third-order valence-corrected chi connectivity index (χ3v) is 5.06. The van der Waals surface area contributed by atoms with Gasteiger partial charge in [0.1, 0.15) is 5.82 Å². The molecule has 0 unspecified atom stereocenters. The summed E-state index contributed by atoms with van der Waals surface area (Å²) < 4.78 is 41.7. The van der Waals surface area contributed by atoms with Gasteiger partial charge in [-0.3, -0.25) is 0 Å². The van der Waals surface area contributed by atoms with Gasteiger partial charge in [0.15, 0.2) is 0 Å². The number of nitrogens with one attached hydrogen (secondary N) is 1. The molecule has 3 rings (SSSR count). The molecule has 0 aliphatic carbocycles. The molecule has 0 aliphatic rings. The third kappa shape index (κ3) is 3.64. The minimum Gasteiger partial charge on any atom is -0.241 e. The van der Waals surface area contributed by atoms with Gasteiger partial charge in [0.05, 0.1) is 15.6 Å². The summed E-state index contributed by atoms with van der Waals surface area (Å²) in [6.07, 6.45) is 3.49. The SMILES string of the molecule is O=S(=O)(NCc1ccc(-n2cccn2)cc1)c1ccc(F)c(Cl)c1. The smallest absolute Gasteiger partial charge is 0.240 e. The average Bonchev–Trinajstić information content (AvgIpc) is 3.10. The van der Waals surface area contributed by atoms with Crippen molar-refractivity contribution in [3.8, 4) is 5.69 Å². The summed E-state index contributed by atoms with van der Waals surface area (Å²) in [4.78, 5) is -0.0814. The van der Waals surface area contributed by atoms with Crippen molar-refractivity contribution in [3.63, 3.8) is 0 Å². The molecule has 1 heterocycles. The van der Waals surface area contributed by atoms with Crippen molar-refractivity contribution in [1.29, 1.82) is 0 Å². The van der Waals surface area contributed by atoms with Gasteiger partial charge in [0.25, 0.3) is 0 Å². The van der Waals surface area contributed by atoms with E-state index in [1.54, 1.807) is 23.0 Å². The molecular weight excluding hydrogens is 353 g/mol. The first-order valence-corrected chi connectivity index (χ1v) is 8.85. The molecule has 5 nitrogen and oxygen atoms in total. The lowest BCUT2D eigenvalue weighted by Crippen LogP contribution is -2.23. The number of halogens is 2. The highest BCUT2D eigenvalue weighted by molar-refractivity contribution is 7.89. The second kappa shape index (κ2) is 6.72. The van der Waals surface area contributed by atoms with Crippen LogP contribution in [0.3, 0.4) is 0 Å². The van der Waals surface area contributed by atoms with Gasteiger partial charge in [0, 0.05) is 18.9 Å². The van der Waals surface area contributed by atoms with E-state index in [-0.39, 0.29) is 16.5 Å². The molecule has 0 radical (unpaired) electrons. The van der Waals surface area contributed by atoms with E-state index in [9.17, 15) is 12.8 Å². The first-order chi connectivity index (χ1) is 11.5. The number of hydrogen-bond donors (Lipinski definition) is 1. The topological polar surface area (TPSA) is 64.0 Å². The van der Waals surface area contributed by atoms with Gasteiger partial charge in [0.2, 0.25) is 10.0 Å². The molecule has 0 fully saturated rings. The highest BCUT2D eigenvalue weighted by Gasteiger charge is 2.15. The molecule has 3 aromatic rings. The van der Waals surface area contributed by atoms with Crippen molar-refractivity contribution in [1.82, 2.24) is 14.5 Å². The summed E-state index contributed by atoms with van der Waals surface area (Å²) in [5, 5.41) is 3.88. The quantitative estimate of drug-likeness (QED) is 0.755. The Kier molecular flexibility index (Phi) is 4.66. The first-order valence-electron chi connectivity index (χ1n) is 6.99. The molecule has 2 aromatic carbocycles. The molecule has 124 valence electrons. The Hall–Kier alpha value is -2.22. The van der Waals surface area contributed by atoms with Gasteiger partial charge < -0.3 is 0 Å². The molecule has 1 aromatic heterocycles. The van der Waals surface area contributed by atoms with Crippen molar-refractivity contribution < 1.29 is 12.8 Å². The van der Waals surface area contributed by atoms with Crippen LogP contribution in [0.1, 0.15) is 5.56 Å². The molecule has 0 saturated carbocycles. The fraction of sp³-hybridized carbons (Fsp3) is 0.0625. The van der Waals surface area contributed by atoms with Crippen molar-refractivity contribution >= 4 is 21.6 Å². The molecule has 1 N–H and O–H groups in total. The normalized spacial score (nSPS) is 11.6. The Morgan fingerprint density at radius 2 is 1.92 bits per heavy atom. The minimum absolute atomic E-state index is 0.0814. The van der Waals surface area contributed by atoms with E-state index in [2.05, 4.69) is 9.82 Å². The van der Waals surface area contributed by atoms with Crippen LogP contribution < -0.4 is 4.72 Å². The molecule has 0 saturated heterocycles. The Bertz CT molecular complexity index is 942. The second-order valence-electron chi connectivity index (χ2n) is 5.02. The maximum Gasteiger partial charge on any atom is 0.240 e. The highest BCUT2D eigenvalue weighted by Crippen LogP contribution is 2.19. The van der Waals surface area contributed by atoms with Crippen LogP contribution in [0.4, 0.5) is 4.39 Å². The van der Waals surface area contributed by atoms with Gasteiger partial charge in [-0.15, -0.1) is 0 Å². The molecule has 0 bridgehead atoms. The Morgan fingerprint density at radius 1 is 1.17 bits per heavy atom. The highest BCUT2D eigenvalue weighted by atomic mass is 35.5. The number of aromatic nitrogens is 2. The van der Waals surface area contributed by atoms with Crippen LogP contribution in [0.25, 0.3) is 5.69 Å². The van der Waals surface area contributed by atoms with Gasteiger partial charge in [-0.1, -0.05) is 23.7 Å². The predicted octanol–water partition coefficient (Wildman–Crippen LogP) is 3.14. The van der Waals surface area contributed by atoms with Crippen molar-refractivity contribution in [3.05, 3.63) is 77.3 Å². The summed E-state index contributed by atoms with van der Waals surface area (Å²) in [5.41, 5.74) is 1.65. The van der Waals surface area contributed by atoms with E-state index in [4.69, 9.17) is 11.6 Å². The van der Waals surface area contributed by atoms with Crippen LogP contribution in [-0.4, -0.2) is 18.2 Å². The van der Waals surface area contributed by atoms with E-state index >= 15 is 0 Å². The number of hydrogen-bond acceptors (Lipinski definition) is 3. The average molecular weight is 366 g/mol. The lowest BCUT2D eigenvalue weighted by atomic mass is 10.2. The molecule has 0 atom stereocenters. The summed E-state index contributed by atoms with van der Waals surface area (Å²) in [6.45, 7) is 0.108. The fourth-order valence-electron chi connectivity index (χ4n) is 2.09.